The van der Waals surface area contributed by atoms with Gasteiger partial charge in [0.05, 0.1) is 40.8 Å². The number of carbonyl (C=O) groups excluding carboxylic acids is 3. The fourth-order valence-electron chi connectivity index (χ4n) is 3.59. The molecule has 0 bridgehead atoms. The van der Waals surface area contributed by atoms with Crippen molar-refractivity contribution in [3.63, 3.8) is 0 Å². The van der Waals surface area contributed by atoms with Crippen LogP contribution >= 0.6 is 0 Å². The van der Waals surface area contributed by atoms with E-state index in [0.717, 1.165) is 4.90 Å². The van der Waals surface area contributed by atoms with Gasteiger partial charge in [0.25, 0.3) is 11.8 Å². The Morgan fingerprint density at radius 3 is 2.37 bits per heavy atom. The van der Waals surface area contributed by atoms with E-state index in [1.807, 2.05) is 0 Å². The zero-order valence-electron chi connectivity index (χ0n) is 17.3. The molecule has 160 valence electrons. The van der Waals surface area contributed by atoms with Crippen LogP contribution < -0.4 is 0 Å². The summed E-state index contributed by atoms with van der Waals surface area (Å²) < 4.78 is 31.7. The predicted molar refractivity (Wildman–Crippen MR) is 109 cm³/mol. The van der Waals surface area contributed by atoms with Crippen LogP contribution in [0.15, 0.2) is 23.1 Å². The summed E-state index contributed by atoms with van der Waals surface area (Å²) in [7, 11) is -2.53. The molecule has 0 atom stereocenters. The zero-order valence-corrected chi connectivity index (χ0v) is 18.1. The number of carbonyl (C=O) groups is 3. The van der Waals surface area contributed by atoms with E-state index in [9.17, 15) is 22.8 Å². The maximum atomic E-state index is 13.0. The fraction of sp³-hybridized carbons (Fsp3) is 0.400. The van der Waals surface area contributed by atoms with E-state index in [1.165, 1.54) is 29.6 Å². The number of nitrogens with zero attached hydrogens (tertiary/aromatic N) is 3. The lowest BCUT2D eigenvalue weighted by Crippen LogP contribution is -2.32. The van der Waals surface area contributed by atoms with E-state index in [1.54, 1.807) is 20.8 Å². The van der Waals surface area contributed by atoms with Gasteiger partial charge < -0.3 is 4.74 Å². The average molecular weight is 433 g/mol. The number of amides is 2. The molecule has 2 heterocycles. The van der Waals surface area contributed by atoms with Crippen molar-refractivity contribution in [1.29, 1.82) is 0 Å². The minimum absolute atomic E-state index is 0.0276. The Bertz CT molecular complexity index is 1150. The van der Waals surface area contributed by atoms with Crippen molar-refractivity contribution in [2.45, 2.75) is 32.1 Å². The van der Waals surface area contributed by atoms with Crippen LogP contribution in [0.4, 0.5) is 0 Å². The maximum absolute atomic E-state index is 13.0. The molecule has 0 aliphatic carbocycles. The van der Waals surface area contributed by atoms with Gasteiger partial charge in [-0.15, -0.1) is 0 Å². The van der Waals surface area contributed by atoms with Gasteiger partial charge in [0.15, 0.2) is 0 Å². The molecule has 0 fully saturated rings. The summed E-state index contributed by atoms with van der Waals surface area (Å²) in [5, 5.41) is 0.294. The van der Waals surface area contributed by atoms with Crippen molar-refractivity contribution >= 4 is 38.7 Å². The molecule has 0 N–H and O–H groups in total. The van der Waals surface area contributed by atoms with Gasteiger partial charge in [-0.25, -0.2) is 8.42 Å². The number of pyridine rings is 1. The van der Waals surface area contributed by atoms with Crippen molar-refractivity contribution < 1.29 is 27.5 Å². The molecule has 2 amide bonds. The van der Waals surface area contributed by atoms with Gasteiger partial charge in [0, 0.05) is 25.0 Å². The van der Waals surface area contributed by atoms with E-state index in [0.29, 0.717) is 29.7 Å². The van der Waals surface area contributed by atoms with Gasteiger partial charge in [-0.2, -0.15) is 4.31 Å². The molecule has 1 aliphatic heterocycles. The van der Waals surface area contributed by atoms with E-state index >= 15 is 0 Å². The molecule has 0 spiro atoms. The number of ether oxygens (including phenoxy) is 1. The lowest BCUT2D eigenvalue weighted by atomic mass is 10.0. The number of methoxy groups -OCH3 is 1. The largest absolute Gasteiger partial charge is 0.469 e. The molecule has 10 heteroatoms. The first-order chi connectivity index (χ1) is 14.2. The summed E-state index contributed by atoms with van der Waals surface area (Å²) in [6.07, 6.45) is -0.131. The lowest BCUT2D eigenvalue weighted by molar-refractivity contribution is -0.140. The maximum Gasteiger partial charge on any atom is 0.307 e. The normalized spacial score (nSPS) is 14.0. The van der Waals surface area contributed by atoms with Gasteiger partial charge in [-0.3, -0.25) is 24.3 Å². The van der Waals surface area contributed by atoms with Gasteiger partial charge in [-0.1, -0.05) is 13.8 Å². The molecular weight excluding hydrogens is 410 g/mol. The second-order valence-electron chi connectivity index (χ2n) is 6.80. The summed E-state index contributed by atoms with van der Waals surface area (Å²) in [5.41, 5.74) is 1.04. The molecule has 9 nitrogen and oxygen atoms in total. The third-order valence-corrected chi connectivity index (χ3v) is 7.21. The SMILES string of the molecule is CCN(CC)S(=O)(=O)c1ccc2nc(C)c3c(c2c1)C(=O)N(CCC(=O)OC)C3=O. The highest BCUT2D eigenvalue weighted by molar-refractivity contribution is 7.89. The Balaban J connectivity index is 2.15. The van der Waals surface area contributed by atoms with Crippen molar-refractivity contribution in [2.75, 3.05) is 26.7 Å². The van der Waals surface area contributed by atoms with E-state index in [-0.39, 0.29) is 29.0 Å². The Morgan fingerprint density at radius 1 is 1.13 bits per heavy atom. The lowest BCUT2D eigenvalue weighted by Gasteiger charge is -2.19. The third-order valence-electron chi connectivity index (χ3n) is 5.17. The smallest absolute Gasteiger partial charge is 0.307 e. The molecule has 0 saturated carbocycles. The minimum Gasteiger partial charge on any atom is -0.469 e. The molecule has 3 rings (SSSR count). The summed E-state index contributed by atoms with van der Waals surface area (Å²) in [6, 6.07) is 4.38. The van der Waals surface area contributed by atoms with Gasteiger partial charge in [0.2, 0.25) is 10.0 Å². The van der Waals surface area contributed by atoms with Crippen LogP contribution in [-0.4, -0.2) is 67.1 Å². The Kier molecular flexibility index (Phi) is 5.91. The molecule has 1 aromatic carbocycles. The molecule has 30 heavy (non-hydrogen) atoms. The first kappa shape index (κ1) is 21.8. The van der Waals surface area contributed by atoms with Crippen molar-refractivity contribution in [3.8, 4) is 0 Å². The van der Waals surface area contributed by atoms with Crippen LogP contribution in [0.3, 0.4) is 0 Å². The summed E-state index contributed by atoms with van der Waals surface area (Å²) >= 11 is 0. The van der Waals surface area contributed by atoms with E-state index in [2.05, 4.69) is 9.72 Å². The number of hydrogen-bond donors (Lipinski definition) is 0. The first-order valence-electron chi connectivity index (χ1n) is 9.54. The van der Waals surface area contributed by atoms with Crippen LogP contribution in [0.25, 0.3) is 10.9 Å². The molecule has 1 aromatic heterocycles. The minimum atomic E-state index is -3.76. The number of rotatable bonds is 7. The number of imide groups is 1. The van der Waals surface area contributed by atoms with Crippen LogP contribution in [0.2, 0.25) is 0 Å². The van der Waals surface area contributed by atoms with Crippen molar-refractivity contribution in [2.24, 2.45) is 0 Å². The van der Waals surface area contributed by atoms with E-state index < -0.39 is 27.8 Å². The molecule has 1 aliphatic rings. The monoisotopic (exact) mass is 433 g/mol. The van der Waals surface area contributed by atoms with Crippen LogP contribution in [0.1, 0.15) is 46.7 Å². The predicted octanol–water partition coefficient (Wildman–Crippen LogP) is 1.73. The topological polar surface area (TPSA) is 114 Å². The Labute approximate surface area is 174 Å². The molecular formula is C20H23N3O6S. The number of benzene rings is 1. The van der Waals surface area contributed by atoms with Crippen LogP contribution in [-0.2, 0) is 19.6 Å². The number of sulfonamides is 1. The van der Waals surface area contributed by atoms with Gasteiger partial charge >= 0.3 is 5.97 Å². The number of aryl methyl sites for hydroxylation is 1. The van der Waals surface area contributed by atoms with Crippen LogP contribution in [0, 0.1) is 6.92 Å². The first-order valence-corrected chi connectivity index (χ1v) is 11.0. The highest BCUT2D eigenvalue weighted by Crippen LogP contribution is 2.33. The molecule has 2 aromatic rings. The molecule has 0 unspecified atom stereocenters. The summed E-state index contributed by atoms with van der Waals surface area (Å²) in [6.45, 7) is 5.59. The highest BCUT2D eigenvalue weighted by Gasteiger charge is 2.39. The average Bonchev–Trinajstić information content (AvgIpc) is 2.97. The Hall–Kier alpha value is -2.85. The zero-order chi connectivity index (χ0) is 22.2. The van der Waals surface area contributed by atoms with Gasteiger partial charge in [0.1, 0.15) is 0 Å². The third kappa shape index (κ3) is 3.46. The van der Waals surface area contributed by atoms with Gasteiger partial charge in [-0.05, 0) is 25.1 Å². The quantitative estimate of drug-likeness (QED) is 0.482. The number of hydrogen-bond acceptors (Lipinski definition) is 7. The highest BCUT2D eigenvalue weighted by atomic mass is 32.2. The summed E-state index contributed by atoms with van der Waals surface area (Å²) in [4.78, 5) is 42.7. The van der Waals surface area contributed by atoms with E-state index in [4.69, 9.17) is 0 Å². The Morgan fingerprint density at radius 2 is 1.77 bits per heavy atom. The molecule has 0 saturated heterocycles. The van der Waals surface area contributed by atoms with Crippen molar-refractivity contribution in [1.82, 2.24) is 14.2 Å². The summed E-state index contributed by atoms with van der Waals surface area (Å²) in [5.74, 6) is -1.67. The number of aromatic nitrogens is 1. The molecule has 0 radical (unpaired) electrons. The van der Waals surface area contributed by atoms with Crippen LogP contribution in [0.5, 0.6) is 0 Å². The number of fused-ring (bicyclic) bond motifs is 3. The number of esters is 1. The second-order valence-corrected chi connectivity index (χ2v) is 8.74. The van der Waals surface area contributed by atoms with Crippen molar-refractivity contribution in [3.05, 3.63) is 35.0 Å². The fourth-order valence-corrected chi connectivity index (χ4v) is 5.08. The second kappa shape index (κ2) is 8.11. The standard InChI is InChI=1S/C20H23N3O6S/c1-5-22(6-2)30(27,28)13-7-8-15-14(11-13)18-17(12(3)21-15)19(25)23(20(18)26)10-9-16(24)29-4/h7-8,11H,5-6,9-10H2,1-4H3.